The molecule has 1 spiro atoms. The molecule has 3 rings (SSSR count). The predicted molar refractivity (Wildman–Crippen MR) is 77.3 cm³/mol. The lowest BCUT2D eigenvalue weighted by molar-refractivity contribution is -0.136. The van der Waals surface area contributed by atoms with Gasteiger partial charge in [-0.3, -0.25) is 9.59 Å². The van der Waals surface area contributed by atoms with Crippen molar-refractivity contribution in [1.82, 2.24) is 0 Å². The van der Waals surface area contributed by atoms with Crippen molar-refractivity contribution in [1.29, 1.82) is 0 Å². The van der Waals surface area contributed by atoms with E-state index in [1.165, 1.54) is 13.2 Å². The number of carbonyl (C=O) groups excluding carboxylic acids is 2. The van der Waals surface area contributed by atoms with Crippen molar-refractivity contribution in [2.45, 2.75) is 52.2 Å². The van der Waals surface area contributed by atoms with Crippen LogP contribution in [0.4, 0.5) is 0 Å². The Balaban J connectivity index is 2.02. The maximum Gasteiger partial charge on any atom is 0.307 e. The molecule has 114 valence electrons. The average Bonchev–Trinajstić information content (AvgIpc) is 3.14. The Morgan fingerprint density at radius 1 is 1.43 bits per heavy atom. The number of esters is 1. The van der Waals surface area contributed by atoms with Crippen LogP contribution >= 0.6 is 0 Å². The molecule has 5 atom stereocenters. The van der Waals surface area contributed by atoms with Crippen LogP contribution in [0.5, 0.6) is 0 Å². The zero-order valence-electron chi connectivity index (χ0n) is 13.0. The normalized spacial score (nSPS) is 44.9. The quantitative estimate of drug-likeness (QED) is 0.446. The number of hydrogen-bond acceptors (Lipinski definition) is 4. The van der Waals surface area contributed by atoms with Crippen molar-refractivity contribution < 1.29 is 19.1 Å². The van der Waals surface area contributed by atoms with Crippen molar-refractivity contribution in [2.24, 2.45) is 17.3 Å². The molecule has 3 aliphatic rings. The molecule has 1 saturated heterocycles. The molecule has 0 aromatic carbocycles. The Bertz CT molecular complexity index is 561. The summed E-state index contributed by atoms with van der Waals surface area (Å²) in [5, 5.41) is 0. The number of ketones is 1. The van der Waals surface area contributed by atoms with Gasteiger partial charge in [-0.25, -0.2) is 0 Å². The molecule has 0 aromatic rings. The van der Waals surface area contributed by atoms with Gasteiger partial charge in [0.25, 0.3) is 0 Å². The van der Waals surface area contributed by atoms with Crippen LogP contribution in [0.15, 0.2) is 24.0 Å². The number of epoxide rings is 1. The van der Waals surface area contributed by atoms with E-state index in [0.717, 1.165) is 18.4 Å². The van der Waals surface area contributed by atoms with Crippen LogP contribution < -0.4 is 0 Å². The first kappa shape index (κ1) is 14.5. The lowest BCUT2D eigenvalue weighted by Crippen LogP contribution is -2.54. The van der Waals surface area contributed by atoms with Gasteiger partial charge in [-0.15, -0.1) is 0 Å². The predicted octanol–water partition coefficient (Wildman–Crippen LogP) is 2.78. The largest absolute Gasteiger partial charge is 0.435 e. The van der Waals surface area contributed by atoms with E-state index in [1.54, 1.807) is 6.08 Å². The highest BCUT2D eigenvalue weighted by Gasteiger charge is 2.73. The molecule has 1 heterocycles. The summed E-state index contributed by atoms with van der Waals surface area (Å²) >= 11 is 0. The van der Waals surface area contributed by atoms with E-state index in [0.29, 0.717) is 5.92 Å². The minimum Gasteiger partial charge on any atom is -0.435 e. The van der Waals surface area contributed by atoms with Gasteiger partial charge in [0.2, 0.25) is 0 Å². The lowest BCUT2D eigenvalue weighted by atomic mass is 9.51. The van der Waals surface area contributed by atoms with E-state index in [4.69, 9.17) is 9.47 Å². The van der Waals surface area contributed by atoms with E-state index >= 15 is 0 Å². The fourth-order valence-electron chi connectivity index (χ4n) is 4.41. The van der Waals surface area contributed by atoms with Gasteiger partial charge in [0, 0.05) is 12.3 Å². The van der Waals surface area contributed by atoms with Gasteiger partial charge in [0.15, 0.2) is 5.78 Å². The van der Waals surface area contributed by atoms with Crippen molar-refractivity contribution in [3.8, 4) is 0 Å². The first-order chi connectivity index (χ1) is 9.83. The Morgan fingerprint density at radius 2 is 2.14 bits per heavy atom. The van der Waals surface area contributed by atoms with E-state index < -0.39 is 0 Å². The molecule has 1 saturated carbocycles. The van der Waals surface area contributed by atoms with Crippen molar-refractivity contribution >= 4 is 11.8 Å². The Morgan fingerprint density at radius 3 is 2.81 bits per heavy atom. The van der Waals surface area contributed by atoms with Gasteiger partial charge in [-0.1, -0.05) is 13.8 Å². The number of ether oxygens (including phenoxy) is 2. The van der Waals surface area contributed by atoms with Crippen molar-refractivity contribution in [2.75, 3.05) is 0 Å². The third-order valence-electron chi connectivity index (χ3n) is 5.73. The minimum absolute atomic E-state index is 0.0760. The monoisotopic (exact) mass is 290 g/mol. The van der Waals surface area contributed by atoms with Gasteiger partial charge >= 0.3 is 5.97 Å². The molecule has 0 aromatic heterocycles. The van der Waals surface area contributed by atoms with Crippen LogP contribution in [-0.4, -0.2) is 23.5 Å². The summed E-state index contributed by atoms with van der Waals surface area (Å²) in [5.74, 6) is -0.213. The molecule has 0 radical (unpaired) electrons. The van der Waals surface area contributed by atoms with E-state index in [-0.39, 0.29) is 34.8 Å². The van der Waals surface area contributed by atoms with Crippen molar-refractivity contribution in [3.05, 3.63) is 24.0 Å². The lowest BCUT2D eigenvalue weighted by Gasteiger charge is -2.49. The van der Waals surface area contributed by atoms with E-state index in [2.05, 4.69) is 13.8 Å². The molecule has 2 unspecified atom stereocenters. The summed E-state index contributed by atoms with van der Waals surface area (Å²) < 4.78 is 11.0. The second-order valence-electron chi connectivity index (χ2n) is 6.80. The summed E-state index contributed by atoms with van der Waals surface area (Å²) in [6, 6.07) is 0. The van der Waals surface area contributed by atoms with Gasteiger partial charge in [0.1, 0.15) is 5.60 Å². The van der Waals surface area contributed by atoms with Gasteiger partial charge in [-0.2, -0.15) is 0 Å². The molecular weight excluding hydrogens is 268 g/mol. The molecule has 4 nitrogen and oxygen atoms in total. The van der Waals surface area contributed by atoms with Crippen LogP contribution in [0, 0.1) is 17.3 Å². The fraction of sp³-hybridized carbons (Fsp3) is 0.647. The number of carbonyl (C=O) groups is 2. The molecule has 0 bridgehead atoms. The standard InChI is InChI=1S/C17H22O4/c1-10(9-20-12(3)18)15-13(19)7-8-17-14(21-17)6-5-11(2)16(15,17)4/h7-9,11,14-15H,5-6H2,1-4H3/b10-9+/t11-,14?,15-,16-,17?/m0/s1. The number of hydrogen-bond donors (Lipinski definition) is 0. The minimum atomic E-state index is -0.370. The highest BCUT2D eigenvalue weighted by Crippen LogP contribution is 2.66. The van der Waals surface area contributed by atoms with Crippen LogP contribution in [-0.2, 0) is 19.1 Å². The van der Waals surface area contributed by atoms with Crippen LogP contribution in [0.1, 0.15) is 40.5 Å². The summed E-state index contributed by atoms with van der Waals surface area (Å²) in [6.45, 7) is 7.56. The van der Waals surface area contributed by atoms with Gasteiger partial charge in [-0.05, 0) is 43.4 Å². The summed E-state index contributed by atoms with van der Waals surface area (Å²) in [6.07, 6.45) is 7.38. The second-order valence-corrected chi connectivity index (χ2v) is 6.80. The topological polar surface area (TPSA) is 55.9 Å². The molecule has 2 fully saturated rings. The highest BCUT2D eigenvalue weighted by atomic mass is 16.6. The third kappa shape index (κ3) is 1.85. The second kappa shape index (κ2) is 4.54. The van der Waals surface area contributed by atoms with Gasteiger partial charge in [0.05, 0.1) is 18.3 Å². The summed E-state index contributed by atoms with van der Waals surface area (Å²) in [7, 11) is 0. The SMILES string of the molecule is CC(=O)O/C=C(\C)[C@H]1C(=O)C=CC23OC2CC[C@H](C)[C@@]13C. The summed E-state index contributed by atoms with van der Waals surface area (Å²) in [5.41, 5.74) is 0.210. The molecule has 2 aliphatic carbocycles. The van der Waals surface area contributed by atoms with Crippen LogP contribution in [0.2, 0.25) is 0 Å². The molecule has 4 heteroatoms. The average molecular weight is 290 g/mol. The van der Waals surface area contributed by atoms with Crippen LogP contribution in [0.3, 0.4) is 0 Å². The maximum absolute atomic E-state index is 12.5. The molecule has 21 heavy (non-hydrogen) atoms. The van der Waals surface area contributed by atoms with Crippen molar-refractivity contribution in [3.63, 3.8) is 0 Å². The third-order valence-corrected chi connectivity index (χ3v) is 5.73. The first-order valence-electron chi connectivity index (χ1n) is 7.57. The van der Waals surface area contributed by atoms with Crippen LogP contribution in [0.25, 0.3) is 0 Å². The number of rotatable bonds is 2. The zero-order valence-corrected chi connectivity index (χ0v) is 13.0. The molecule has 1 aliphatic heterocycles. The Kier molecular flexibility index (Phi) is 3.14. The first-order valence-corrected chi connectivity index (χ1v) is 7.57. The fourth-order valence-corrected chi connectivity index (χ4v) is 4.41. The summed E-state index contributed by atoms with van der Waals surface area (Å²) in [4.78, 5) is 23.5. The number of allylic oxidation sites excluding steroid dienone is 2. The molecular formula is C17H22O4. The highest BCUT2D eigenvalue weighted by molar-refractivity contribution is 5.96. The Hall–Kier alpha value is -1.42. The van der Waals surface area contributed by atoms with E-state index in [9.17, 15) is 9.59 Å². The van der Waals surface area contributed by atoms with Gasteiger partial charge < -0.3 is 9.47 Å². The smallest absolute Gasteiger partial charge is 0.307 e. The Labute approximate surface area is 125 Å². The zero-order chi connectivity index (χ0) is 15.4. The van der Waals surface area contributed by atoms with E-state index in [1.807, 2.05) is 13.0 Å². The molecule has 0 amide bonds. The molecule has 0 N–H and O–H groups in total. The maximum atomic E-state index is 12.5.